The average Bonchev–Trinajstić information content (AvgIpc) is 2.98. The van der Waals surface area contributed by atoms with Gasteiger partial charge in [0, 0.05) is 18.0 Å². The first kappa shape index (κ1) is 17.5. The number of rotatable bonds is 2. The largest absolute Gasteiger partial charge is 0.416 e. The van der Waals surface area contributed by atoms with Crippen molar-refractivity contribution in [1.82, 2.24) is 20.7 Å². The Hall–Kier alpha value is -2.91. The molecule has 0 spiro atoms. The Bertz CT molecular complexity index is 882. The van der Waals surface area contributed by atoms with E-state index in [1.807, 2.05) is 12.1 Å². The highest BCUT2D eigenvalue weighted by atomic mass is 19.4. The van der Waals surface area contributed by atoms with E-state index in [4.69, 9.17) is 5.73 Å². The number of nitrogens with zero attached hydrogens (tertiary/aromatic N) is 2. The average molecular weight is 375 g/mol. The standard InChI is InChI=1S/C18H16F3N5O/c19-18(20,21)11-6-4-10(5-7-11)13-9-14(27)26-17(24-13)15(16(22)25-26)12-3-1-2-8-23-12/h1-9,15-17,24-25H,22H2. The Labute approximate surface area is 152 Å². The Morgan fingerprint density at radius 1 is 1.11 bits per heavy atom. The van der Waals surface area contributed by atoms with Crippen molar-refractivity contribution in [3.63, 3.8) is 0 Å². The summed E-state index contributed by atoms with van der Waals surface area (Å²) in [4.78, 5) is 16.8. The Balaban J connectivity index is 1.64. The van der Waals surface area contributed by atoms with Gasteiger partial charge in [-0.15, -0.1) is 0 Å². The predicted octanol–water partition coefficient (Wildman–Crippen LogP) is 1.79. The maximum atomic E-state index is 12.8. The van der Waals surface area contributed by atoms with E-state index in [9.17, 15) is 18.0 Å². The highest BCUT2D eigenvalue weighted by Gasteiger charge is 2.46. The molecule has 1 saturated heterocycles. The second-order valence-electron chi connectivity index (χ2n) is 6.37. The van der Waals surface area contributed by atoms with Gasteiger partial charge in [0.2, 0.25) is 0 Å². The molecular formula is C18H16F3N5O. The first-order valence-corrected chi connectivity index (χ1v) is 8.26. The van der Waals surface area contributed by atoms with Gasteiger partial charge in [-0.25, -0.2) is 10.4 Å². The molecule has 0 radical (unpaired) electrons. The molecule has 3 atom stereocenters. The van der Waals surface area contributed by atoms with Crippen LogP contribution < -0.4 is 16.5 Å². The number of carbonyl (C=O) groups is 1. The van der Waals surface area contributed by atoms with Gasteiger partial charge in [-0.2, -0.15) is 13.2 Å². The molecule has 1 aromatic carbocycles. The summed E-state index contributed by atoms with van der Waals surface area (Å²) in [6.45, 7) is 0. The molecule has 4 rings (SSSR count). The van der Waals surface area contributed by atoms with Crippen molar-refractivity contribution in [2.24, 2.45) is 5.73 Å². The number of amides is 1. The summed E-state index contributed by atoms with van der Waals surface area (Å²) in [5, 5.41) is 4.59. The zero-order valence-corrected chi connectivity index (χ0v) is 13.9. The van der Waals surface area contributed by atoms with Crippen LogP contribution in [-0.2, 0) is 11.0 Å². The molecule has 2 aliphatic heterocycles. The number of benzene rings is 1. The molecule has 6 nitrogen and oxygen atoms in total. The summed E-state index contributed by atoms with van der Waals surface area (Å²) in [5.41, 5.74) is 9.96. The molecule has 2 aromatic rings. The molecule has 9 heteroatoms. The van der Waals surface area contributed by atoms with Crippen LogP contribution >= 0.6 is 0 Å². The van der Waals surface area contributed by atoms with Gasteiger partial charge in [-0.1, -0.05) is 18.2 Å². The molecule has 3 unspecified atom stereocenters. The Morgan fingerprint density at radius 2 is 1.85 bits per heavy atom. The quantitative estimate of drug-likeness (QED) is 0.746. The number of aromatic nitrogens is 1. The van der Waals surface area contributed by atoms with E-state index >= 15 is 0 Å². The monoisotopic (exact) mass is 375 g/mol. The number of hydrazine groups is 1. The fourth-order valence-electron chi connectivity index (χ4n) is 3.35. The van der Waals surface area contributed by atoms with Gasteiger partial charge in [0.25, 0.3) is 5.91 Å². The van der Waals surface area contributed by atoms with Gasteiger partial charge in [0.1, 0.15) is 6.17 Å². The smallest absolute Gasteiger partial charge is 0.363 e. The summed E-state index contributed by atoms with van der Waals surface area (Å²) in [6, 6.07) is 10.1. The molecule has 1 fully saturated rings. The lowest BCUT2D eigenvalue weighted by molar-refractivity contribution is -0.137. The number of pyridine rings is 1. The van der Waals surface area contributed by atoms with Crippen LogP contribution in [0.5, 0.6) is 0 Å². The molecule has 140 valence electrons. The predicted molar refractivity (Wildman–Crippen MR) is 91.3 cm³/mol. The van der Waals surface area contributed by atoms with Crippen LogP contribution in [0.4, 0.5) is 13.2 Å². The van der Waals surface area contributed by atoms with Crippen LogP contribution in [0, 0.1) is 0 Å². The zero-order chi connectivity index (χ0) is 19.2. The maximum Gasteiger partial charge on any atom is 0.416 e. The van der Waals surface area contributed by atoms with Gasteiger partial charge in [-0.05, 0) is 29.8 Å². The van der Waals surface area contributed by atoms with E-state index in [0.717, 1.165) is 12.1 Å². The molecule has 0 saturated carbocycles. The van der Waals surface area contributed by atoms with Crippen LogP contribution in [0.3, 0.4) is 0 Å². The summed E-state index contributed by atoms with van der Waals surface area (Å²) < 4.78 is 38.3. The normalized spacial score (nSPS) is 25.0. The van der Waals surface area contributed by atoms with Gasteiger partial charge < -0.3 is 11.1 Å². The van der Waals surface area contributed by atoms with E-state index in [0.29, 0.717) is 17.0 Å². The van der Waals surface area contributed by atoms with Crippen molar-refractivity contribution in [1.29, 1.82) is 0 Å². The van der Waals surface area contributed by atoms with Crippen molar-refractivity contribution in [2.75, 3.05) is 0 Å². The Morgan fingerprint density at radius 3 is 2.48 bits per heavy atom. The zero-order valence-electron chi connectivity index (χ0n) is 13.9. The minimum absolute atomic E-state index is 0.326. The lowest BCUT2D eigenvalue weighted by Crippen LogP contribution is -2.52. The summed E-state index contributed by atoms with van der Waals surface area (Å²) in [5.74, 6) is -0.657. The van der Waals surface area contributed by atoms with Crippen molar-refractivity contribution in [3.8, 4) is 0 Å². The third kappa shape index (κ3) is 3.15. The highest BCUT2D eigenvalue weighted by molar-refractivity contribution is 5.96. The number of hydrogen-bond acceptors (Lipinski definition) is 5. The van der Waals surface area contributed by atoms with Crippen LogP contribution in [-0.4, -0.2) is 28.2 Å². The van der Waals surface area contributed by atoms with E-state index in [1.165, 1.54) is 23.2 Å². The fourth-order valence-corrected chi connectivity index (χ4v) is 3.35. The van der Waals surface area contributed by atoms with Crippen LogP contribution in [0.1, 0.15) is 22.7 Å². The second kappa shape index (κ2) is 6.36. The molecule has 27 heavy (non-hydrogen) atoms. The minimum atomic E-state index is -4.41. The first-order valence-electron chi connectivity index (χ1n) is 8.26. The number of carbonyl (C=O) groups excluding carboxylic acids is 1. The number of nitrogens with one attached hydrogen (secondary N) is 2. The van der Waals surface area contributed by atoms with Crippen molar-refractivity contribution < 1.29 is 18.0 Å². The van der Waals surface area contributed by atoms with E-state index in [-0.39, 0.29) is 11.8 Å². The van der Waals surface area contributed by atoms with Gasteiger partial charge in [0.15, 0.2) is 0 Å². The maximum absolute atomic E-state index is 12.8. The molecule has 1 aromatic heterocycles. The number of halogens is 3. The Kier molecular flexibility index (Phi) is 4.12. The molecule has 2 aliphatic rings. The fraction of sp³-hybridized carbons (Fsp3) is 0.222. The summed E-state index contributed by atoms with van der Waals surface area (Å²) in [7, 11) is 0. The molecular weight excluding hydrogens is 359 g/mol. The highest BCUT2D eigenvalue weighted by Crippen LogP contribution is 2.33. The van der Waals surface area contributed by atoms with E-state index in [1.54, 1.807) is 12.3 Å². The SMILES string of the molecule is NC1NN2C(=O)C=C(c3ccc(C(F)(F)F)cc3)NC2C1c1ccccn1. The van der Waals surface area contributed by atoms with E-state index < -0.39 is 24.1 Å². The van der Waals surface area contributed by atoms with Crippen LogP contribution in [0.25, 0.3) is 5.70 Å². The van der Waals surface area contributed by atoms with Crippen LogP contribution in [0.2, 0.25) is 0 Å². The number of fused-ring (bicyclic) bond motifs is 1. The number of alkyl halides is 3. The summed E-state index contributed by atoms with van der Waals surface area (Å²) >= 11 is 0. The minimum Gasteiger partial charge on any atom is -0.363 e. The lowest BCUT2D eigenvalue weighted by atomic mass is 9.97. The van der Waals surface area contributed by atoms with Gasteiger partial charge >= 0.3 is 6.18 Å². The molecule has 3 heterocycles. The molecule has 1 amide bonds. The molecule has 0 bridgehead atoms. The topological polar surface area (TPSA) is 83.3 Å². The van der Waals surface area contributed by atoms with Gasteiger partial charge in [-0.3, -0.25) is 9.78 Å². The van der Waals surface area contributed by atoms with Crippen molar-refractivity contribution in [2.45, 2.75) is 24.4 Å². The first-order chi connectivity index (χ1) is 12.8. The van der Waals surface area contributed by atoms with Crippen LogP contribution in [0.15, 0.2) is 54.7 Å². The molecule has 4 N–H and O–H groups in total. The summed E-state index contributed by atoms with van der Waals surface area (Å²) in [6.07, 6.45) is -2.49. The second-order valence-corrected chi connectivity index (χ2v) is 6.37. The van der Waals surface area contributed by atoms with E-state index in [2.05, 4.69) is 15.7 Å². The van der Waals surface area contributed by atoms with Crippen molar-refractivity contribution in [3.05, 3.63) is 71.6 Å². The molecule has 0 aliphatic carbocycles. The lowest BCUT2D eigenvalue weighted by Gasteiger charge is -2.32. The number of nitrogens with two attached hydrogens (primary N) is 1. The third-order valence-electron chi connectivity index (χ3n) is 4.65. The third-order valence-corrected chi connectivity index (χ3v) is 4.65. The van der Waals surface area contributed by atoms with Gasteiger partial charge in [0.05, 0.1) is 23.3 Å². The number of hydrogen-bond donors (Lipinski definition) is 3. The van der Waals surface area contributed by atoms with Crippen molar-refractivity contribution >= 4 is 11.6 Å².